The lowest BCUT2D eigenvalue weighted by molar-refractivity contribution is -0.112. The van der Waals surface area contributed by atoms with E-state index in [4.69, 9.17) is 0 Å². The zero-order valence-corrected chi connectivity index (χ0v) is 15.4. The van der Waals surface area contributed by atoms with Crippen molar-refractivity contribution < 1.29 is 9.00 Å². The number of nitriles is 1. The van der Waals surface area contributed by atoms with Gasteiger partial charge in [0.2, 0.25) is 0 Å². The van der Waals surface area contributed by atoms with Crippen LogP contribution in [0, 0.1) is 11.3 Å². The number of anilines is 1. The predicted octanol–water partition coefficient (Wildman–Crippen LogP) is 4.05. The minimum absolute atomic E-state index is 0.0212. The van der Waals surface area contributed by atoms with Gasteiger partial charge < -0.3 is 5.32 Å². The molecule has 0 saturated heterocycles. The molecule has 1 heterocycles. The Hall–Kier alpha value is -2.62. The van der Waals surface area contributed by atoms with Crippen LogP contribution >= 0.6 is 15.9 Å². The third-order valence-corrected chi connectivity index (χ3v) is 5.80. The molecule has 2 aromatic rings. The maximum atomic E-state index is 12.4. The lowest BCUT2D eigenvalue weighted by Crippen LogP contribution is -2.13. The Kier molecular flexibility index (Phi) is 4.62. The van der Waals surface area contributed by atoms with E-state index in [0.29, 0.717) is 10.6 Å². The van der Waals surface area contributed by atoms with Crippen molar-refractivity contribution in [2.75, 3.05) is 5.32 Å². The van der Waals surface area contributed by atoms with Crippen LogP contribution in [0.4, 0.5) is 5.69 Å². The molecule has 2 aromatic carbocycles. The lowest BCUT2D eigenvalue weighted by atomic mass is 10.1. The zero-order chi connectivity index (χ0) is 18.0. The van der Waals surface area contributed by atoms with Gasteiger partial charge in [-0.25, -0.2) is 0 Å². The molecule has 1 atom stereocenters. The van der Waals surface area contributed by atoms with E-state index in [1.54, 1.807) is 35.7 Å². The van der Waals surface area contributed by atoms with Crippen molar-refractivity contribution in [3.05, 3.63) is 69.0 Å². The van der Waals surface area contributed by atoms with E-state index in [1.165, 1.54) is 6.08 Å². The highest BCUT2D eigenvalue weighted by molar-refractivity contribution is 9.10. The van der Waals surface area contributed by atoms with Gasteiger partial charge in [-0.05, 0) is 58.8 Å². The Bertz CT molecular complexity index is 1080. The number of nitrogens with zero attached hydrogens (tertiary/aromatic N) is 1. The first-order valence-corrected chi connectivity index (χ1v) is 9.85. The maximum absolute atomic E-state index is 12.4. The molecule has 1 aliphatic rings. The first kappa shape index (κ1) is 17.2. The lowest BCUT2D eigenvalue weighted by Gasteiger charge is -2.08. The summed E-state index contributed by atoms with van der Waals surface area (Å²) in [4.78, 5) is 13.0. The highest BCUT2D eigenvalue weighted by atomic mass is 79.9. The van der Waals surface area contributed by atoms with Crippen LogP contribution in [0.2, 0.25) is 0 Å². The standard InChI is InChI=1S/C19H13BrN2O2S/c1-25(24)8-7-14-5-6-17(11-18(14)25)22-19(23)15(12-21)9-13-3-2-4-16(20)10-13/h2-11H,1H2,(H,22,23)/b15-9+. The van der Waals surface area contributed by atoms with E-state index >= 15 is 0 Å². The largest absolute Gasteiger partial charge is 0.321 e. The summed E-state index contributed by atoms with van der Waals surface area (Å²) in [6.45, 7) is 0. The summed E-state index contributed by atoms with van der Waals surface area (Å²) >= 11 is 3.35. The van der Waals surface area contributed by atoms with Gasteiger partial charge in [0.25, 0.3) is 5.91 Å². The van der Waals surface area contributed by atoms with Crippen LogP contribution in [0.15, 0.2) is 62.8 Å². The molecule has 6 heteroatoms. The van der Waals surface area contributed by atoms with Crippen molar-refractivity contribution in [1.82, 2.24) is 0 Å². The van der Waals surface area contributed by atoms with Gasteiger partial charge in [-0.3, -0.25) is 9.00 Å². The number of carbonyl (C=O) groups is 1. The molecular formula is C19H13BrN2O2S. The van der Waals surface area contributed by atoms with Crippen LogP contribution < -0.4 is 5.32 Å². The molecule has 4 nitrogen and oxygen atoms in total. The van der Waals surface area contributed by atoms with Gasteiger partial charge in [0.15, 0.2) is 0 Å². The average Bonchev–Trinajstić information content (AvgIpc) is 2.87. The minimum Gasteiger partial charge on any atom is -0.321 e. The van der Waals surface area contributed by atoms with Crippen LogP contribution in [-0.4, -0.2) is 16.0 Å². The number of hydrogen-bond donors (Lipinski definition) is 1. The molecule has 25 heavy (non-hydrogen) atoms. The summed E-state index contributed by atoms with van der Waals surface area (Å²) in [6, 6.07) is 14.3. The fourth-order valence-electron chi connectivity index (χ4n) is 2.42. The summed E-state index contributed by atoms with van der Waals surface area (Å²) in [6.07, 6.45) is 3.27. The van der Waals surface area contributed by atoms with Crippen molar-refractivity contribution in [3.8, 4) is 6.07 Å². The molecule has 0 saturated carbocycles. The number of rotatable bonds is 3. The molecular weight excluding hydrogens is 400 g/mol. The van der Waals surface area contributed by atoms with Gasteiger partial charge in [-0.15, -0.1) is 0 Å². The molecule has 0 aromatic heterocycles. The first-order valence-electron chi connectivity index (χ1n) is 7.27. The quantitative estimate of drug-likeness (QED) is 0.469. The van der Waals surface area contributed by atoms with Crippen LogP contribution in [-0.2, 0) is 14.3 Å². The fraction of sp³-hybridized carbons (Fsp3) is 0. The summed E-state index contributed by atoms with van der Waals surface area (Å²) in [5.74, 6) is 3.18. The second-order valence-electron chi connectivity index (χ2n) is 5.46. The molecule has 1 N–H and O–H groups in total. The molecule has 1 aliphatic heterocycles. The molecule has 0 radical (unpaired) electrons. The molecule has 1 unspecified atom stereocenters. The molecule has 0 aliphatic carbocycles. The molecule has 124 valence electrons. The minimum atomic E-state index is -2.46. The number of benzene rings is 2. The van der Waals surface area contributed by atoms with Gasteiger partial charge in [-0.1, -0.05) is 34.1 Å². The summed E-state index contributed by atoms with van der Waals surface area (Å²) in [5, 5.41) is 13.5. The van der Waals surface area contributed by atoms with E-state index in [-0.39, 0.29) is 5.57 Å². The molecule has 1 amide bonds. The maximum Gasteiger partial charge on any atom is 0.266 e. The Morgan fingerprint density at radius 2 is 2.08 bits per heavy atom. The summed E-state index contributed by atoms with van der Waals surface area (Å²) in [7, 11) is -2.46. The number of fused-ring (bicyclic) bond motifs is 1. The Balaban J connectivity index is 1.86. The van der Waals surface area contributed by atoms with Crippen LogP contribution in [0.3, 0.4) is 0 Å². The van der Waals surface area contributed by atoms with E-state index < -0.39 is 15.4 Å². The number of halogens is 1. The van der Waals surface area contributed by atoms with Crippen molar-refractivity contribution in [2.45, 2.75) is 4.90 Å². The normalized spacial score (nSPS) is 18.5. The Morgan fingerprint density at radius 1 is 1.28 bits per heavy atom. The predicted molar refractivity (Wildman–Crippen MR) is 105 cm³/mol. The van der Waals surface area contributed by atoms with Crippen LogP contribution in [0.1, 0.15) is 11.1 Å². The van der Waals surface area contributed by atoms with Crippen molar-refractivity contribution in [3.63, 3.8) is 0 Å². The zero-order valence-electron chi connectivity index (χ0n) is 13.0. The number of amides is 1. The molecule has 0 fully saturated rings. The smallest absolute Gasteiger partial charge is 0.266 e. The molecule has 0 spiro atoms. The third kappa shape index (κ3) is 3.73. The Labute approximate surface area is 154 Å². The van der Waals surface area contributed by atoms with Crippen LogP contribution in [0.25, 0.3) is 12.2 Å². The highest BCUT2D eigenvalue weighted by Crippen LogP contribution is 2.29. The highest BCUT2D eigenvalue weighted by Gasteiger charge is 2.17. The van der Waals surface area contributed by atoms with E-state index in [1.807, 2.05) is 24.3 Å². The van der Waals surface area contributed by atoms with Crippen molar-refractivity contribution in [1.29, 1.82) is 5.26 Å². The Morgan fingerprint density at radius 3 is 2.80 bits per heavy atom. The molecule has 3 rings (SSSR count). The van der Waals surface area contributed by atoms with E-state index in [9.17, 15) is 14.3 Å². The number of nitrogens with one attached hydrogen (secondary N) is 1. The van der Waals surface area contributed by atoms with E-state index in [0.717, 1.165) is 15.6 Å². The van der Waals surface area contributed by atoms with Gasteiger partial charge in [0.05, 0.1) is 0 Å². The fourth-order valence-corrected chi connectivity index (χ4v) is 4.21. The number of hydrogen-bond acceptors (Lipinski definition) is 3. The monoisotopic (exact) mass is 412 g/mol. The number of carbonyl (C=O) groups excluding carboxylic acids is 1. The van der Waals surface area contributed by atoms with Gasteiger partial charge >= 0.3 is 0 Å². The van der Waals surface area contributed by atoms with Gasteiger partial charge in [-0.2, -0.15) is 5.26 Å². The second kappa shape index (κ2) is 6.71. The van der Waals surface area contributed by atoms with Gasteiger partial charge in [0, 0.05) is 24.6 Å². The van der Waals surface area contributed by atoms with Crippen molar-refractivity contribution in [2.24, 2.45) is 0 Å². The van der Waals surface area contributed by atoms with Crippen molar-refractivity contribution >= 4 is 55.1 Å². The topological polar surface area (TPSA) is 70.0 Å². The third-order valence-electron chi connectivity index (χ3n) is 3.64. The van der Waals surface area contributed by atoms with Gasteiger partial charge in [0.1, 0.15) is 11.6 Å². The van der Waals surface area contributed by atoms with E-state index in [2.05, 4.69) is 27.1 Å². The summed E-state index contributed by atoms with van der Waals surface area (Å²) in [5.41, 5.74) is 2.01. The molecule has 0 bridgehead atoms. The second-order valence-corrected chi connectivity index (χ2v) is 8.54. The summed E-state index contributed by atoms with van der Waals surface area (Å²) < 4.78 is 13.2. The first-order chi connectivity index (χ1) is 11.9. The SMILES string of the molecule is C=S1(=O)C=Cc2ccc(NC(=O)/C(C#N)=C/c3cccc(Br)c3)cc21. The average molecular weight is 413 g/mol. The van der Waals surface area contributed by atoms with Crippen LogP contribution in [0.5, 0.6) is 0 Å².